The van der Waals surface area contributed by atoms with Crippen molar-refractivity contribution in [2.75, 3.05) is 78.5 Å². The van der Waals surface area contributed by atoms with Crippen molar-refractivity contribution in [2.24, 2.45) is 0 Å². The van der Waals surface area contributed by atoms with Gasteiger partial charge in [0.25, 0.3) is 0 Å². The van der Waals surface area contributed by atoms with E-state index in [1.54, 1.807) is 0 Å². The Morgan fingerprint density at radius 3 is 0.420 bits per heavy atom. The Labute approximate surface area is 332 Å². The fraction of sp³-hybridized carbons (Fsp3) is 0.600. The van der Waals surface area contributed by atoms with Gasteiger partial charge in [-0.15, -0.1) is 0 Å². The Morgan fingerprint density at radius 1 is 0.280 bits per heavy atom. The summed E-state index contributed by atoms with van der Waals surface area (Å²) >= 11 is 0. The first-order valence-corrected chi connectivity index (χ1v) is 11.0. The van der Waals surface area contributed by atoms with Crippen LogP contribution in [0.5, 0.6) is 0 Å². The van der Waals surface area contributed by atoms with Gasteiger partial charge in [0.05, 0.1) is 52.4 Å². The van der Waals surface area contributed by atoms with E-state index < -0.39 is 100 Å². The van der Waals surface area contributed by atoms with E-state index in [4.69, 9.17) is 40.9 Å². The average molecular weight is 861 g/mol. The maximum Gasteiger partial charge on any atom is 2.00 e. The summed E-state index contributed by atoms with van der Waals surface area (Å²) in [5, 5.41) is 68.9. The van der Waals surface area contributed by atoms with Crippen molar-refractivity contribution in [3.63, 3.8) is 0 Å². The average Bonchev–Trinajstić information content (AvgIpc) is 2.72. The molecule has 2 radical (unpaired) electrons. The third-order valence-corrected chi connectivity index (χ3v) is 4.34. The molecule has 0 aromatic carbocycles. The SMILES string of the molecule is O=C(O)CN(CCN(CC(=O)O)CC(=O)O)CC(=O)O.O=C(O)CN(CCN(CC(=O)O)CC(=O)O)CC(=O)O.[Ca+2].[Co].[Co].[OH-].[OH-].[OH-].[OH-].[OH-].[OH-].[OH-]. The molecule has 27 nitrogen and oxygen atoms in total. The third-order valence-electron chi connectivity index (χ3n) is 4.34. The van der Waals surface area contributed by atoms with Gasteiger partial charge >= 0.3 is 85.5 Å². The maximum absolute atomic E-state index is 10.6. The van der Waals surface area contributed by atoms with Gasteiger partial charge in [-0.1, -0.05) is 0 Å². The molecule has 0 bridgehead atoms. The van der Waals surface area contributed by atoms with Crippen LogP contribution in [0.15, 0.2) is 0 Å². The van der Waals surface area contributed by atoms with Gasteiger partial charge in [-0.25, -0.2) is 0 Å². The molecule has 15 N–H and O–H groups in total. The van der Waals surface area contributed by atoms with Crippen LogP contribution in [-0.2, 0) is 71.9 Å². The summed E-state index contributed by atoms with van der Waals surface area (Å²) in [7, 11) is 0. The summed E-state index contributed by atoms with van der Waals surface area (Å²) in [6.07, 6.45) is 0. The van der Waals surface area contributed by atoms with Crippen molar-refractivity contribution >= 4 is 85.5 Å². The van der Waals surface area contributed by atoms with Crippen molar-refractivity contribution < 1.29 is 151 Å². The molecule has 30 heteroatoms. The topological polar surface area (TPSA) is 521 Å². The van der Waals surface area contributed by atoms with Crippen molar-refractivity contribution in [1.82, 2.24) is 19.6 Å². The molecule has 0 aromatic rings. The number of hydrogen-bond donors (Lipinski definition) is 8. The smallest absolute Gasteiger partial charge is 0.870 e. The molecule has 0 atom stereocenters. The first kappa shape index (κ1) is 81.6. The zero-order valence-corrected chi connectivity index (χ0v) is 29.9. The van der Waals surface area contributed by atoms with E-state index in [0.717, 1.165) is 19.6 Å². The number of carbonyl (C=O) groups is 8. The second-order valence-corrected chi connectivity index (χ2v) is 7.99. The second-order valence-electron chi connectivity index (χ2n) is 7.99. The van der Waals surface area contributed by atoms with Gasteiger partial charge in [-0.2, -0.15) is 0 Å². The fourth-order valence-electron chi connectivity index (χ4n) is 2.95. The summed E-state index contributed by atoms with van der Waals surface area (Å²) in [6.45, 7) is -4.50. The van der Waals surface area contributed by atoms with Crippen LogP contribution in [0.4, 0.5) is 0 Å². The van der Waals surface area contributed by atoms with Crippen LogP contribution in [0.1, 0.15) is 0 Å². The number of carboxylic acids is 8. The van der Waals surface area contributed by atoms with Gasteiger partial charge in [0.1, 0.15) is 0 Å². The molecule has 0 saturated carbocycles. The minimum Gasteiger partial charge on any atom is -0.870 e. The summed E-state index contributed by atoms with van der Waals surface area (Å²) in [5.74, 6) is -9.82. The molecule has 0 rings (SSSR count). The molecule has 0 aliphatic rings. The van der Waals surface area contributed by atoms with Gasteiger partial charge in [0.15, 0.2) is 0 Å². The van der Waals surface area contributed by atoms with E-state index in [0.29, 0.717) is 0 Å². The summed E-state index contributed by atoms with van der Waals surface area (Å²) in [6, 6.07) is 0. The van der Waals surface area contributed by atoms with E-state index in [1.165, 1.54) is 0 Å². The molecule has 0 spiro atoms. The monoisotopic (exact) mass is 861 g/mol. The van der Waals surface area contributed by atoms with Crippen molar-refractivity contribution in [3.8, 4) is 0 Å². The van der Waals surface area contributed by atoms with Gasteiger partial charge in [0.2, 0.25) is 0 Å². The predicted molar refractivity (Wildman–Crippen MR) is 146 cm³/mol. The Hall–Kier alpha value is -2.41. The summed E-state index contributed by atoms with van der Waals surface area (Å²) in [5.41, 5.74) is 0. The third kappa shape index (κ3) is 57.8. The molecule has 0 unspecified atom stereocenters. The Balaban J connectivity index is -0.0000000481. The van der Waals surface area contributed by atoms with E-state index in [-0.39, 0.29) is 136 Å². The van der Waals surface area contributed by atoms with E-state index in [2.05, 4.69) is 0 Å². The van der Waals surface area contributed by atoms with Crippen molar-refractivity contribution in [2.45, 2.75) is 0 Å². The van der Waals surface area contributed by atoms with Crippen molar-refractivity contribution in [3.05, 3.63) is 0 Å². The van der Waals surface area contributed by atoms with E-state index in [9.17, 15) is 38.4 Å². The van der Waals surface area contributed by atoms with E-state index >= 15 is 0 Å². The molecule has 0 heterocycles. The normalized spacial score (nSPS) is 8.56. The van der Waals surface area contributed by atoms with Gasteiger partial charge in [0, 0.05) is 59.7 Å². The quantitative estimate of drug-likeness (QED) is 0.0470. The molecular formula is C20H39CaCo2N4O23-5. The van der Waals surface area contributed by atoms with Crippen molar-refractivity contribution in [1.29, 1.82) is 0 Å². The van der Waals surface area contributed by atoms with Crippen LogP contribution in [0.25, 0.3) is 0 Å². The van der Waals surface area contributed by atoms with Crippen LogP contribution in [0.2, 0.25) is 0 Å². The summed E-state index contributed by atoms with van der Waals surface area (Å²) < 4.78 is 0. The second kappa shape index (κ2) is 46.6. The number of nitrogens with zero attached hydrogens (tertiary/aromatic N) is 4. The fourth-order valence-corrected chi connectivity index (χ4v) is 2.95. The minimum atomic E-state index is -1.23. The first-order chi connectivity index (χ1) is 18.4. The standard InChI is InChI=1S/2C10H16N2O8.Ca.2Co.7H2O/c2*13-7(14)3-11(4-8(15)16)1-2-12(5-9(17)18)6-10(19)20;;;;;;;;;;/h2*1-6H2,(H,13,14)(H,15,16)(H,17,18)(H,19,20);;;;7*1H2/q;;+2;;;;;;;;;/p-7. The predicted octanol–water partition coefficient (Wildman–Crippen LogP) is -5.77. The largest absolute Gasteiger partial charge is 2.00 e. The number of carboxylic acid groups (broad SMARTS) is 8. The van der Waals surface area contributed by atoms with Gasteiger partial charge in [-0.05, 0) is 0 Å². The Bertz CT molecular complexity index is 730. The molecule has 0 aliphatic heterocycles. The van der Waals surface area contributed by atoms with Gasteiger partial charge in [-0.3, -0.25) is 58.0 Å². The van der Waals surface area contributed by atoms with Crippen LogP contribution in [-0.4, -0.2) is 263 Å². The molecule has 0 aromatic heterocycles. The minimum absolute atomic E-state index is 0. The number of aliphatic carboxylic acids is 8. The Morgan fingerprint density at radius 2 is 0.360 bits per heavy atom. The van der Waals surface area contributed by atoms with E-state index in [1.807, 2.05) is 0 Å². The molecular weight excluding hydrogens is 822 g/mol. The van der Waals surface area contributed by atoms with Crippen LogP contribution in [0.3, 0.4) is 0 Å². The molecule has 0 amide bonds. The Kier molecular flexibility index (Phi) is 76.0. The molecule has 0 saturated heterocycles. The zero-order chi connectivity index (χ0) is 31.4. The zero-order valence-electron chi connectivity index (χ0n) is 25.6. The molecule has 0 fully saturated rings. The van der Waals surface area contributed by atoms with Crippen LogP contribution in [0, 0.1) is 0 Å². The molecule has 0 aliphatic carbocycles. The van der Waals surface area contributed by atoms with Crippen LogP contribution >= 0.6 is 0 Å². The summed E-state index contributed by atoms with van der Waals surface area (Å²) in [4.78, 5) is 88.7. The van der Waals surface area contributed by atoms with Crippen LogP contribution < -0.4 is 0 Å². The molecule has 302 valence electrons. The number of rotatable bonds is 22. The molecule has 50 heavy (non-hydrogen) atoms. The maximum atomic E-state index is 10.6. The first-order valence-electron chi connectivity index (χ1n) is 11.0. The van der Waals surface area contributed by atoms with Gasteiger partial charge < -0.3 is 79.2 Å². The number of hydrogen-bond acceptors (Lipinski definition) is 19.